The van der Waals surface area contributed by atoms with Crippen LogP contribution in [0.5, 0.6) is 0 Å². The van der Waals surface area contributed by atoms with Crippen LogP contribution in [0.2, 0.25) is 0 Å². The fourth-order valence-corrected chi connectivity index (χ4v) is 7.23. The second-order valence-corrected chi connectivity index (χ2v) is 9.37. The summed E-state index contributed by atoms with van der Waals surface area (Å²) in [4.78, 5) is 12.7. The molecular weight excluding hydrogens is 339 g/mol. The number of hydrogen-bond donors (Lipinski definition) is 0. The Bertz CT molecular complexity index is 887. The summed E-state index contributed by atoms with van der Waals surface area (Å²) in [5.41, 5.74) is 0.647. The average Bonchev–Trinajstić information content (AvgIpc) is 2.71. The van der Waals surface area contributed by atoms with Crippen LogP contribution in [-0.2, 0) is 4.74 Å². The molecule has 0 aliphatic carbocycles. The zero-order valence-electron chi connectivity index (χ0n) is 15.1. The molecule has 3 heteroatoms. The van der Waals surface area contributed by atoms with Crippen molar-refractivity contribution >= 4 is 34.6 Å². The van der Waals surface area contributed by atoms with Crippen LogP contribution in [0, 0.1) is 0 Å². The monoisotopic (exact) mass is 362 g/mol. The van der Waals surface area contributed by atoms with Gasteiger partial charge in [0.1, 0.15) is 0 Å². The van der Waals surface area contributed by atoms with E-state index >= 15 is 0 Å². The van der Waals surface area contributed by atoms with Gasteiger partial charge in [0.2, 0.25) is 0 Å². The minimum atomic E-state index is -2.08. The molecule has 2 nitrogen and oxygen atoms in total. The van der Waals surface area contributed by atoms with Gasteiger partial charge in [0.25, 0.3) is 0 Å². The highest BCUT2D eigenvalue weighted by Gasteiger charge is 2.28. The van der Waals surface area contributed by atoms with Crippen molar-refractivity contribution in [1.29, 1.82) is 0 Å². The molecule has 0 unspecified atom stereocenters. The molecule has 0 aromatic heterocycles. The maximum Gasteiger partial charge on any atom is 0.338 e. The first-order valence-corrected chi connectivity index (χ1v) is 10.7. The molecule has 26 heavy (non-hydrogen) atoms. The predicted molar refractivity (Wildman–Crippen MR) is 113 cm³/mol. The Hall–Kier alpha value is -2.57. The minimum Gasteiger partial charge on any atom is -0.462 e. The van der Waals surface area contributed by atoms with Crippen LogP contribution in [-0.4, -0.2) is 18.4 Å². The lowest BCUT2D eigenvalue weighted by molar-refractivity contribution is 0.0528. The van der Waals surface area contributed by atoms with Gasteiger partial charge < -0.3 is 4.74 Å². The van der Waals surface area contributed by atoms with Gasteiger partial charge >= 0.3 is 5.97 Å². The van der Waals surface area contributed by atoms with E-state index in [1.54, 1.807) is 0 Å². The quantitative estimate of drug-likeness (QED) is 0.507. The Morgan fingerprint density at radius 3 is 1.85 bits per heavy atom. The van der Waals surface area contributed by atoms with Crippen LogP contribution in [0.25, 0.3) is 0 Å². The highest BCUT2D eigenvalue weighted by atomic mass is 31.2. The Morgan fingerprint density at radius 1 is 0.846 bits per heavy atom. The third-order valence-corrected chi connectivity index (χ3v) is 8.64. The van der Waals surface area contributed by atoms with Gasteiger partial charge in [-0.2, -0.15) is 0 Å². The summed E-state index contributed by atoms with van der Waals surface area (Å²) >= 11 is 0. The molecule has 0 fully saturated rings. The summed E-state index contributed by atoms with van der Waals surface area (Å²) < 4.78 is 5.34. The normalized spacial score (nSPS) is 11.0. The third kappa shape index (κ3) is 3.25. The lowest BCUT2D eigenvalue weighted by Crippen LogP contribution is -2.30. The second-order valence-electron chi connectivity index (χ2n) is 5.89. The molecule has 0 saturated heterocycles. The first-order chi connectivity index (χ1) is 12.7. The predicted octanol–water partition coefficient (Wildman–Crippen LogP) is 3.98. The smallest absolute Gasteiger partial charge is 0.338 e. The number of carbonyl (C=O) groups is 1. The van der Waals surface area contributed by atoms with Crippen LogP contribution in [0.1, 0.15) is 24.2 Å². The average molecular weight is 362 g/mol. The van der Waals surface area contributed by atoms with Gasteiger partial charge in [0.15, 0.2) is 0 Å². The van der Waals surface area contributed by atoms with Gasteiger partial charge in [-0.3, -0.25) is 0 Å². The molecular formula is C23H23O2P. The maximum absolute atomic E-state index is 12.7. The van der Waals surface area contributed by atoms with Crippen LogP contribution in [0.15, 0.2) is 84.9 Å². The van der Waals surface area contributed by atoms with Crippen molar-refractivity contribution in [1.82, 2.24) is 0 Å². The number of ether oxygens (including phenoxy) is 1. The fourth-order valence-electron chi connectivity index (χ4n) is 3.35. The zero-order chi connectivity index (χ0) is 18.4. The van der Waals surface area contributed by atoms with Gasteiger partial charge in [0, 0.05) is 0 Å². The number of benzene rings is 3. The molecule has 0 heterocycles. The van der Waals surface area contributed by atoms with E-state index in [4.69, 9.17) is 4.74 Å². The summed E-state index contributed by atoms with van der Waals surface area (Å²) in [5, 5.41) is 3.49. The van der Waals surface area contributed by atoms with Crippen molar-refractivity contribution in [3.8, 4) is 0 Å². The molecule has 3 rings (SSSR count). The standard InChI is InChI=1S/C23H23O2P/c1-3-25-23(24)21-17-11-12-18-22(21)26(4-2,19-13-7-5-8-14-19)20-15-9-6-10-16-20/h4-18H,3H2,1-2H3. The van der Waals surface area contributed by atoms with E-state index in [1.807, 2.05) is 37.3 Å². The lowest BCUT2D eigenvalue weighted by atomic mass is 10.2. The van der Waals surface area contributed by atoms with E-state index in [-0.39, 0.29) is 5.97 Å². The molecule has 132 valence electrons. The Morgan fingerprint density at radius 2 is 1.35 bits per heavy atom. The van der Waals surface area contributed by atoms with Gasteiger partial charge in [-0.15, -0.1) is 0 Å². The number of esters is 1. The van der Waals surface area contributed by atoms with E-state index in [1.165, 1.54) is 10.6 Å². The Balaban J connectivity index is 2.36. The van der Waals surface area contributed by atoms with Crippen LogP contribution in [0.4, 0.5) is 0 Å². The molecule has 0 bridgehead atoms. The minimum absolute atomic E-state index is 0.263. The second kappa shape index (κ2) is 8.21. The molecule has 3 aromatic rings. The summed E-state index contributed by atoms with van der Waals surface area (Å²) in [6, 6.07) is 28.7. The molecule has 3 aromatic carbocycles. The lowest BCUT2D eigenvalue weighted by Gasteiger charge is -2.29. The van der Waals surface area contributed by atoms with Crippen LogP contribution in [0.3, 0.4) is 0 Å². The molecule has 0 aliphatic heterocycles. The first-order valence-electron chi connectivity index (χ1n) is 8.81. The van der Waals surface area contributed by atoms with E-state index < -0.39 is 6.89 Å². The zero-order valence-corrected chi connectivity index (χ0v) is 16.0. The van der Waals surface area contributed by atoms with Crippen LogP contribution >= 0.6 is 6.89 Å². The number of rotatable bonds is 5. The van der Waals surface area contributed by atoms with Crippen LogP contribution < -0.4 is 15.9 Å². The Labute approximate surface area is 155 Å². The van der Waals surface area contributed by atoms with E-state index in [0.717, 1.165) is 5.30 Å². The van der Waals surface area contributed by atoms with Crippen molar-refractivity contribution in [3.05, 3.63) is 90.5 Å². The van der Waals surface area contributed by atoms with Crippen molar-refractivity contribution in [2.24, 2.45) is 0 Å². The molecule has 0 spiro atoms. The van der Waals surface area contributed by atoms with Crippen molar-refractivity contribution in [2.75, 3.05) is 6.61 Å². The van der Waals surface area contributed by atoms with E-state index in [2.05, 4.69) is 67.3 Å². The van der Waals surface area contributed by atoms with E-state index in [9.17, 15) is 4.79 Å². The van der Waals surface area contributed by atoms with Gasteiger partial charge in [-0.25, -0.2) is 4.79 Å². The fraction of sp³-hybridized carbons (Fsp3) is 0.130. The van der Waals surface area contributed by atoms with Crippen molar-refractivity contribution in [3.63, 3.8) is 0 Å². The largest absolute Gasteiger partial charge is 0.462 e. The SMILES string of the molecule is CC=P(c1ccccc1)(c1ccccc1)c1ccccc1C(=O)OCC. The first kappa shape index (κ1) is 18.2. The number of carbonyl (C=O) groups excluding carboxylic acids is 1. The molecule has 0 radical (unpaired) electrons. The van der Waals surface area contributed by atoms with Crippen molar-refractivity contribution < 1.29 is 9.53 Å². The summed E-state index contributed by atoms with van der Waals surface area (Å²) in [6.07, 6.45) is 0. The molecule has 0 amide bonds. The third-order valence-electron chi connectivity index (χ3n) is 4.49. The molecule has 0 atom stereocenters. The van der Waals surface area contributed by atoms with Gasteiger partial charge in [-0.05, 0) is 42.7 Å². The van der Waals surface area contributed by atoms with E-state index in [0.29, 0.717) is 12.2 Å². The van der Waals surface area contributed by atoms with Gasteiger partial charge in [-0.1, -0.05) is 84.7 Å². The summed E-state index contributed by atoms with van der Waals surface area (Å²) in [7, 11) is 0. The molecule has 0 saturated carbocycles. The topological polar surface area (TPSA) is 26.3 Å². The maximum atomic E-state index is 12.7. The highest BCUT2D eigenvalue weighted by Crippen LogP contribution is 2.44. The molecule has 0 N–H and O–H groups in total. The number of hydrogen-bond acceptors (Lipinski definition) is 2. The van der Waals surface area contributed by atoms with Gasteiger partial charge in [0.05, 0.1) is 12.2 Å². The highest BCUT2D eigenvalue weighted by molar-refractivity contribution is 7.94. The summed E-state index contributed by atoms with van der Waals surface area (Å²) in [6.45, 7) is 2.22. The Kier molecular flexibility index (Phi) is 5.75. The molecule has 0 aliphatic rings. The summed E-state index contributed by atoms with van der Waals surface area (Å²) in [5.74, 6) is 2.01. The van der Waals surface area contributed by atoms with Crippen molar-refractivity contribution in [2.45, 2.75) is 13.8 Å².